The number of hydrogen-bond donors (Lipinski definition) is 2. The van der Waals surface area contributed by atoms with Crippen molar-refractivity contribution in [2.75, 3.05) is 11.9 Å². The van der Waals surface area contributed by atoms with Gasteiger partial charge in [0.2, 0.25) is 5.95 Å². The van der Waals surface area contributed by atoms with Crippen LogP contribution in [-0.4, -0.2) is 22.4 Å². The summed E-state index contributed by atoms with van der Waals surface area (Å²) in [5, 5.41) is 6.03. The maximum Gasteiger partial charge on any atom is 0.270 e. The van der Waals surface area contributed by atoms with E-state index < -0.39 is 0 Å². The van der Waals surface area contributed by atoms with E-state index in [1.54, 1.807) is 6.07 Å². The van der Waals surface area contributed by atoms with Gasteiger partial charge in [0.15, 0.2) is 0 Å². The number of unbranched alkanes of at least 4 members (excludes halogenated alkanes) is 1. The Morgan fingerprint density at radius 3 is 2.68 bits per heavy atom. The Bertz CT molecular complexity index is 613. The van der Waals surface area contributed by atoms with Crippen molar-refractivity contribution in [1.29, 1.82) is 0 Å². The number of carbonyl (C=O) groups excluding carboxylic acids is 1. The van der Waals surface area contributed by atoms with Crippen molar-refractivity contribution in [2.45, 2.75) is 33.2 Å². The summed E-state index contributed by atoms with van der Waals surface area (Å²) in [6.07, 6.45) is 2.15. The van der Waals surface area contributed by atoms with Gasteiger partial charge in [-0.15, -0.1) is 0 Å². The van der Waals surface area contributed by atoms with E-state index in [1.165, 1.54) is 0 Å². The molecule has 2 N–H and O–H groups in total. The molecule has 0 fully saturated rings. The third kappa shape index (κ3) is 4.84. The Hall–Kier alpha value is -2.43. The van der Waals surface area contributed by atoms with Crippen LogP contribution in [0.1, 0.15) is 41.5 Å². The van der Waals surface area contributed by atoms with Crippen molar-refractivity contribution in [2.24, 2.45) is 0 Å². The number of benzene rings is 1. The Kier molecular flexibility index (Phi) is 5.89. The van der Waals surface area contributed by atoms with Crippen LogP contribution >= 0.6 is 0 Å². The summed E-state index contributed by atoms with van der Waals surface area (Å²) in [6, 6.07) is 11.5. The molecular weight excluding hydrogens is 276 g/mol. The van der Waals surface area contributed by atoms with Gasteiger partial charge in [-0.2, -0.15) is 0 Å². The molecule has 0 saturated carbocycles. The van der Waals surface area contributed by atoms with E-state index in [9.17, 15) is 4.79 Å². The molecule has 116 valence electrons. The Balaban J connectivity index is 1.99. The Morgan fingerprint density at radius 1 is 1.18 bits per heavy atom. The van der Waals surface area contributed by atoms with Gasteiger partial charge in [-0.05, 0) is 25.0 Å². The molecule has 2 aromatic rings. The van der Waals surface area contributed by atoms with E-state index in [-0.39, 0.29) is 5.91 Å². The summed E-state index contributed by atoms with van der Waals surface area (Å²) in [5.41, 5.74) is 2.23. The Labute approximate surface area is 131 Å². The molecule has 5 heteroatoms. The van der Waals surface area contributed by atoms with Crippen molar-refractivity contribution >= 4 is 11.9 Å². The molecule has 0 bridgehead atoms. The molecule has 2 rings (SSSR count). The standard InChI is InChI=1S/C17H22N4O/c1-3-4-10-18-17-20-13(2)11-15(21-17)16(22)19-12-14-8-6-5-7-9-14/h5-9,11H,3-4,10,12H2,1-2H3,(H,19,22)(H,18,20,21). The summed E-state index contributed by atoms with van der Waals surface area (Å²) < 4.78 is 0. The van der Waals surface area contributed by atoms with Gasteiger partial charge in [0, 0.05) is 18.8 Å². The van der Waals surface area contributed by atoms with E-state index in [1.807, 2.05) is 37.3 Å². The largest absolute Gasteiger partial charge is 0.354 e. The minimum Gasteiger partial charge on any atom is -0.354 e. The smallest absolute Gasteiger partial charge is 0.270 e. The zero-order valence-corrected chi connectivity index (χ0v) is 13.1. The normalized spacial score (nSPS) is 10.3. The maximum atomic E-state index is 12.2. The third-order valence-electron chi connectivity index (χ3n) is 3.20. The molecule has 5 nitrogen and oxygen atoms in total. The van der Waals surface area contributed by atoms with Gasteiger partial charge in [0.05, 0.1) is 0 Å². The van der Waals surface area contributed by atoms with Gasteiger partial charge in [-0.25, -0.2) is 9.97 Å². The predicted octanol–water partition coefficient (Wildman–Crippen LogP) is 2.93. The maximum absolute atomic E-state index is 12.2. The van der Waals surface area contributed by atoms with Crippen molar-refractivity contribution in [3.8, 4) is 0 Å². The van der Waals surface area contributed by atoms with Gasteiger partial charge in [-0.1, -0.05) is 43.7 Å². The second-order valence-corrected chi connectivity index (χ2v) is 5.17. The average Bonchev–Trinajstić information content (AvgIpc) is 2.53. The van der Waals surface area contributed by atoms with Gasteiger partial charge in [-0.3, -0.25) is 4.79 Å². The number of aryl methyl sites for hydroxylation is 1. The van der Waals surface area contributed by atoms with Gasteiger partial charge in [0.25, 0.3) is 5.91 Å². The molecule has 0 aliphatic carbocycles. The molecule has 1 heterocycles. The lowest BCUT2D eigenvalue weighted by Gasteiger charge is -2.08. The fraction of sp³-hybridized carbons (Fsp3) is 0.353. The number of nitrogens with one attached hydrogen (secondary N) is 2. The van der Waals surface area contributed by atoms with Gasteiger partial charge in [0.1, 0.15) is 5.69 Å². The molecule has 22 heavy (non-hydrogen) atoms. The first-order chi connectivity index (χ1) is 10.7. The van der Waals surface area contributed by atoms with Crippen LogP contribution in [0.2, 0.25) is 0 Å². The van der Waals surface area contributed by atoms with Crippen LogP contribution in [0.25, 0.3) is 0 Å². The van der Waals surface area contributed by atoms with Crippen LogP contribution in [0.4, 0.5) is 5.95 Å². The first-order valence-corrected chi connectivity index (χ1v) is 7.60. The fourth-order valence-corrected chi connectivity index (χ4v) is 2.01. The van der Waals surface area contributed by atoms with Crippen LogP contribution < -0.4 is 10.6 Å². The molecule has 0 spiro atoms. The average molecular weight is 298 g/mol. The number of nitrogens with zero attached hydrogens (tertiary/aromatic N) is 2. The second-order valence-electron chi connectivity index (χ2n) is 5.17. The van der Waals surface area contributed by atoms with E-state index >= 15 is 0 Å². The highest BCUT2D eigenvalue weighted by Crippen LogP contribution is 2.06. The van der Waals surface area contributed by atoms with Crippen molar-refractivity contribution in [3.63, 3.8) is 0 Å². The molecular formula is C17H22N4O. The minimum absolute atomic E-state index is 0.187. The van der Waals surface area contributed by atoms with Crippen LogP contribution in [-0.2, 0) is 6.54 Å². The molecule has 0 unspecified atom stereocenters. The number of aromatic nitrogens is 2. The lowest BCUT2D eigenvalue weighted by atomic mass is 10.2. The lowest BCUT2D eigenvalue weighted by Crippen LogP contribution is -2.24. The molecule has 0 aliphatic heterocycles. The number of rotatable bonds is 7. The highest BCUT2D eigenvalue weighted by atomic mass is 16.1. The van der Waals surface area contributed by atoms with Gasteiger partial charge < -0.3 is 10.6 Å². The lowest BCUT2D eigenvalue weighted by molar-refractivity contribution is 0.0945. The third-order valence-corrected chi connectivity index (χ3v) is 3.20. The molecule has 1 amide bonds. The van der Waals surface area contributed by atoms with Gasteiger partial charge >= 0.3 is 0 Å². The van der Waals surface area contributed by atoms with E-state index in [2.05, 4.69) is 27.5 Å². The van der Waals surface area contributed by atoms with Crippen LogP contribution in [0.3, 0.4) is 0 Å². The summed E-state index contributed by atoms with van der Waals surface area (Å²) in [4.78, 5) is 20.8. The number of amides is 1. The summed E-state index contributed by atoms with van der Waals surface area (Å²) in [7, 11) is 0. The quantitative estimate of drug-likeness (QED) is 0.771. The summed E-state index contributed by atoms with van der Waals surface area (Å²) >= 11 is 0. The van der Waals surface area contributed by atoms with Crippen molar-refractivity contribution in [1.82, 2.24) is 15.3 Å². The van der Waals surface area contributed by atoms with Crippen molar-refractivity contribution < 1.29 is 4.79 Å². The minimum atomic E-state index is -0.187. The molecule has 1 aromatic heterocycles. The van der Waals surface area contributed by atoms with Crippen LogP contribution in [0.5, 0.6) is 0 Å². The fourth-order valence-electron chi connectivity index (χ4n) is 2.01. The zero-order valence-electron chi connectivity index (χ0n) is 13.1. The molecule has 0 saturated heterocycles. The Morgan fingerprint density at radius 2 is 1.95 bits per heavy atom. The van der Waals surface area contributed by atoms with Crippen LogP contribution in [0.15, 0.2) is 36.4 Å². The zero-order chi connectivity index (χ0) is 15.8. The summed E-state index contributed by atoms with van der Waals surface area (Å²) in [6.45, 7) is 5.29. The molecule has 0 atom stereocenters. The number of anilines is 1. The molecule has 0 aliphatic rings. The van der Waals surface area contributed by atoms with Crippen LogP contribution in [0, 0.1) is 6.92 Å². The highest BCUT2D eigenvalue weighted by Gasteiger charge is 2.10. The van der Waals surface area contributed by atoms with E-state index in [0.717, 1.165) is 30.6 Å². The monoisotopic (exact) mass is 298 g/mol. The SMILES string of the molecule is CCCCNc1nc(C)cc(C(=O)NCc2ccccc2)n1. The van der Waals surface area contributed by atoms with E-state index in [0.29, 0.717) is 18.2 Å². The number of carbonyl (C=O) groups is 1. The predicted molar refractivity (Wildman–Crippen MR) is 87.8 cm³/mol. The topological polar surface area (TPSA) is 66.9 Å². The second kappa shape index (κ2) is 8.12. The highest BCUT2D eigenvalue weighted by molar-refractivity contribution is 5.92. The molecule has 1 aromatic carbocycles. The number of hydrogen-bond acceptors (Lipinski definition) is 4. The first kappa shape index (κ1) is 15.9. The summed E-state index contributed by atoms with van der Waals surface area (Å²) in [5.74, 6) is 0.325. The molecule has 0 radical (unpaired) electrons. The van der Waals surface area contributed by atoms with E-state index in [4.69, 9.17) is 0 Å². The first-order valence-electron chi connectivity index (χ1n) is 7.60. The van der Waals surface area contributed by atoms with Crippen molar-refractivity contribution in [3.05, 3.63) is 53.3 Å².